The van der Waals surface area contributed by atoms with Gasteiger partial charge >= 0.3 is 6.03 Å². The number of hydrogen-bond acceptors (Lipinski definition) is 6. The zero-order valence-corrected chi connectivity index (χ0v) is 30.0. The first-order valence-electron chi connectivity index (χ1n) is 18.1. The molecule has 1 aliphatic heterocycles. The van der Waals surface area contributed by atoms with E-state index in [2.05, 4.69) is 72.0 Å². The second-order valence-electron chi connectivity index (χ2n) is 13.6. The van der Waals surface area contributed by atoms with Crippen molar-refractivity contribution >= 4 is 22.5 Å². The van der Waals surface area contributed by atoms with Gasteiger partial charge in [-0.05, 0) is 89.5 Å². The van der Waals surface area contributed by atoms with Crippen molar-refractivity contribution in [2.45, 2.75) is 51.0 Å². The highest BCUT2D eigenvalue weighted by molar-refractivity contribution is 5.89. The summed E-state index contributed by atoms with van der Waals surface area (Å²) in [6.45, 7) is 3.31. The molecule has 8 nitrogen and oxygen atoms in total. The first kappa shape index (κ1) is 35.9. The molecule has 2 amide bonds. The summed E-state index contributed by atoms with van der Waals surface area (Å²) in [6, 6.07) is 47.7. The van der Waals surface area contributed by atoms with E-state index < -0.39 is 6.29 Å². The Hall–Kier alpha value is -5.51. The van der Waals surface area contributed by atoms with Crippen LogP contribution >= 0.6 is 0 Å². The number of aliphatic hydroxyl groups excluding tert-OH is 1. The standard InChI is InChI=1S/C45H45N3O5/c1-31(37-21-20-34-8-6-7-9-38(34)26-37)48(2)29-42-27-43(35-16-14-33(30-49)15-17-35)53-44(52-42)36-18-12-32(13-19-36)28-46-45(50)47-39-22-24-41(25-23-39)51-40-10-4-3-5-11-40/h3-26,31,42-44,49H,27-30H2,1-2H3,(H2,46,47,50)/t31-,42-,43+,44+/m1/s1. The van der Waals surface area contributed by atoms with Gasteiger partial charge in [0.2, 0.25) is 0 Å². The van der Waals surface area contributed by atoms with E-state index in [0.717, 1.165) is 34.5 Å². The molecule has 1 heterocycles. The molecule has 53 heavy (non-hydrogen) atoms. The Morgan fingerprint density at radius 2 is 1.43 bits per heavy atom. The Bertz CT molecular complexity index is 2090. The number of likely N-dealkylation sites (N-methyl/N-ethyl adjacent to an activating group) is 1. The number of anilines is 1. The normalized spacial score (nSPS) is 17.7. The molecular formula is C45H45N3O5. The Morgan fingerprint density at radius 1 is 0.774 bits per heavy atom. The Morgan fingerprint density at radius 3 is 2.17 bits per heavy atom. The van der Waals surface area contributed by atoms with Crippen LogP contribution in [0.3, 0.4) is 0 Å². The third-order valence-corrected chi connectivity index (χ3v) is 9.82. The number of para-hydroxylation sites is 1. The summed E-state index contributed by atoms with van der Waals surface area (Å²) in [5.41, 5.74) is 5.69. The van der Waals surface area contributed by atoms with Gasteiger partial charge in [-0.3, -0.25) is 4.90 Å². The predicted molar refractivity (Wildman–Crippen MR) is 209 cm³/mol. The zero-order valence-electron chi connectivity index (χ0n) is 30.0. The van der Waals surface area contributed by atoms with Crippen molar-refractivity contribution in [1.82, 2.24) is 10.2 Å². The Balaban J connectivity index is 0.978. The minimum Gasteiger partial charge on any atom is -0.457 e. The summed E-state index contributed by atoms with van der Waals surface area (Å²) < 4.78 is 19.1. The Labute approximate surface area is 311 Å². The van der Waals surface area contributed by atoms with Gasteiger partial charge in [-0.25, -0.2) is 4.79 Å². The van der Waals surface area contributed by atoms with Crippen molar-refractivity contribution in [2.24, 2.45) is 0 Å². The van der Waals surface area contributed by atoms with Crippen LogP contribution in [0.25, 0.3) is 10.8 Å². The van der Waals surface area contributed by atoms with E-state index in [0.29, 0.717) is 24.4 Å². The van der Waals surface area contributed by atoms with Gasteiger partial charge in [0.05, 0.1) is 18.8 Å². The number of hydrogen-bond donors (Lipinski definition) is 3. The Kier molecular flexibility index (Phi) is 11.4. The maximum atomic E-state index is 12.7. The quantitative estimate of drug-likeness (QED) is 0.117. The molecule has 0 saturated carbocycles. The number of ether oxygens (including phenoxy) is 3. The van der Waals surface area contributed by atoms with Gasteiger partial charge in [-0.2, -0.15) is 0 Å². The highest BCUT2D eigenvalue weighted by atomic mass is 16.7. The van der Waals surface area contributed by atoms with Crippen molar-refractivity contribution in [3.8, 4) is 11.5 Å². The van der Waals surface area contributed by atoms with Gasteiger partial charge in [0.1, 0.15) is 11.5 Å². The average Bonchev–Trinajstić information content (AvgIpc) is 3.21. The summed E-state index contributed by atoms with van der Waals surface area (Å²) in [4.78, 5) is 15.0. The summed E-state index contributed by atoms with van der Waals surface area (Å²) in [5, 5.41) is 17.9. The highest BCUT2D eigenvalue weighted by Gasteiger charge is 2.33. The first-order valence-corrected chi connectivity index (χ1v) is 18.1. The zero-order chi connectivity index (χ0) is 36.6. The van der Waals surface area contributed by atoms with Crippen molar-refractivity contribution in [1.29, 1.82) is 0 Å². The van der Waals surface area contributed by atoms with Crippen LogP contribution in [0, 0.1) is 0 Å². The molecule has 270 valence electrons. The van der Waals surface area contributed by atoms with Gasteiger partial charge in [0, 0.05) is 36.8 Å². The molecule has 1 saturated heterocycles. The maximum Gasteiger partial charge on any atom is 0.319 e. The number of urea groups is 1. The number of amides is 2. The number of carbonyl (C=O) groups is 1. The molecule has 0 radical (unpaired) electrons. The first-order chi connectivity index (χ1) is 25.9. The molecule has 0 aromatic heterocycles. The van der Waals surface area contributed by atoms with E-state index in [9.17, 15) is 9.90 Å². The van der Waals surface area contributed by atoms with E-state index >= 15 is 0 Å². The summed E-state index contributed by atoms with van der Waals surface area (Å²) in [6.07, 6.45) is -0.142. The van der Waals surface area contributed by atoms with Gasteiger partial charge in [0.15, 0.2) is 6.29 Å². The molecule has 8 heteroatoms. The predicted octanol–water partition coefficient (Wildman–Crippen LogP) is 9.68. The minimum atomic E-state index is -0.570. The number of rotatable bonds is 12. The summed E-state index contributed by atoms with van der Waals surface area (Å²) in [7, 11) is 2.15. The lowest BCUT2D eigenvalue weighted by Crippen LogP contribution is -2.38. The minimum absolute atomic E-state index is 0.00179. The van der Waals surface area contributed by atoms with Crippen LogP contribution in [0.2, 0.25) is 0 Å². The highest BCUT2D eigenvalue weighted by Crippen LogP contribution is 2.39. The SMILES string of the molecule is C[C@H](c1ccc2ccccc2c1)N(C)C[C@H]1C[C@@H](c2ccc(CO)cc2)O[C@@H](c2ccc(CNC(=O)Nc3ccc(Oc4ccccc4)cc3)cc2)O1. The second kappa shape index (κ2) is 16.9. The van der Waals surface area contributed by atoms with Crippen LogP contribution in [0.1, 0.15) is 59.6 Å². The smallest absolute Gasteiger partial charge is 0.319 e. The summed E-state index contributed by atoms with van der Waals surface area (Å²) in [5.74, 6) is 1.44. The van der Waals surface area contributed by atoms with Crippen LogP contribution in [0.4, 0.5) is 10.5 Å². The van der Waals surface area contributed by atoms with Gasteiger partial charge < -0.3 is 30.0 Å². The van der Waals surface area contributed by atoms with Crippen molar-refractivity contribution in [3.63, 3.8) is 0 Å². The average molecular weight is 708 g/mol. The topological polar surface area (TPSA) is 92.3 Å². The van der Waals surface area contributed by atoms with Crippen LogP contribution in [0.5, 0.6) is 11.5 Å². The van der Waals surface area contributed by atoms with Crippen molar-refractivity contribution in [3.05, 3.63) is 173 Å². The fraction of sp³-hybridized carbons (Fsp3) is 0.222. The lowest BCUT2D eigenvalue weighted by molar-refractivity contribution is -0.253. The molecule has 7 rings (SSSR count). The van der Waals surface area contributed by atoms with Crippen LogP contribution in [-0.4, -0.2) is 35.7 Å². The molecule has 4 atom stereocenters. The van der Waals surface area contributed by atoms with Crippen molar-refractivity contribution < 1.29 is 24.1 Å². The number of carbonyl (C=O) groups excluding carboxylic acids is 1. The third-order valence-electron chi connectivity index (χ3n) is 9.82. The van der Waals surface area contributed by atoms with E-state index in [1.54, 1.807) is 12.1 Å². The van der Waals surface area contributed by atoms with E-state index in [4.69, 9.17) is 14.2 Å². The van der Waals surface area contributed by atoms with Gasteiger partial charge in [-0.1, -0.05) is 103 Å². The van der Waals surface area contributed by atoms with E-state index in [-0.39, 0.29) is 30.9 Å². The largest absolute Gasteiger partial charge is 0.457 e. The molecule has 0 aliphatic carbocycles. The molecule has 0 spiro atoms. The van der Waals surface area contributed by atoms with Gasteiger partial charge in [0.25, 0.3) is 0 Å². The fourth-order valence-corrected chi connectivity index (χ4v) is 6.62. The second-order valence-corrected chi connectivity index (χ2v) is 13.6. The lowest BCUT2D eigenvalue weighted by Gasteiger charge is -2.39. The number of nitrogens with one attached hydrogen (secondary N) is 2. The fourth-order valence-electron chi connectivity index (χ4n) is 6.62. The molecule has 1 fully saturated rings. The number of aliphatic hydroxyl groups is 1. The number of benzene rings is 6. The number of nitrogens with zero attached hydrogens (tertiary/aromatic N) is 1. The third kappa shape index (κ3) is 9.30. The van der Waals surface area contributed by atoms with E-state index in [1.807, 2.05) is 91.0 Å². The number of fused-ring (bicyclic) bond motifs is 1. The molecule has 1 aliphatic rings. The lowest BCUT2D eigenvalue weighted by atomic mass is 9.98. The van der Waals surface area contributed by atoms with Gasteiger partial charge in [-0.15, -0.1) is 0 Å². The molecule has 6 aromatic carbocycles. The van der Waals surface area contributed by atoms with E-state index in [1.165, 1.54) is 16.3 Å². The molecule has 0 unspecified atom stereocenters. The molecule has 3 N–H and O–H groups in total. The molecule has 0 bridgehead atoms. The van der Waals surface area contributed by atoms with Crippen molar-refractivity contribution in [2.75, 3.05) is 18.9 Å². The maximum absolute atomic E-state index is 12.7. The summed E-state index contributed by atoms with van der Waals surface area (Å²) >= 11 is 0. The molecular weight excluding hydrogens is 663 g/mol. The monoisotopic (exact) mass is 707 g/mol. The van der Waals surface area contributed by atoms with Crippen LogP contribution in [0.15, 0.2) is 146 Å². The van der Waals surface area contributed by atoms with Crippen LogP contribution in [-0.2, 0) is 22.6 Å². The molecule has 6 aromatic rings. The van der Waals surface area contributed by atoms with Crippen LogP contribution < -0.4 is 15.4 Å².